The van der Waals surface area contributed by atoms with Gasteiger partial charge in [0, 0.05) is 31.0 Å². The zero-order valence-electron chi connectivity index (χ0n) is 20.1. The van der Waals surface area contributed by atoms with Crippen molar-refractivity contribution >= 4 is 17.4 Å². The molecule has 1 aliphatic heterocycles. The van der Waals surface area contributed by atoms with Gasteiger partial charge in [-0.15, -0.1) is 0 Å². The second-order valence-electron chi connectivity index (χ2n) is 9.01. The zero-order chi connectivity index (χ0) is 25.5. The van der Waals surface area contributed by atoms with Gasteiger partial charge < -0.3 is 16.0 Å². The Hall–Kier alpha value is -3.15. The molecule has 3 heterocycles. The van der Waals surface area contributed by atoms with Gasteiger partial charge in [0.15, 0.2) is 0 Å². The van der Waals surface area contributed by atoms with Gasteiger partial charge in [0.25, 0.3) is 0 Å². The summed E-state index contributed by atoms with van der Waals surface area (Å²) >= 11 is 0. The lowest BCUT2D eigenvalue weighted by Crippen LogP contribution is -2.36. The number of pyridine rings is 1. The highest BCUT2D eigenvalue weighted by atomic mass is 19.4. The third-order valence-corrected chi connectivity index (χ3v) is 6.14. The molecule has 3 N–H and O–H groups in total. The number of anilines is 1. The molecule has 2 aromatic heterocycles. The fourth-order valence-corrected chi connectivity index (χ4v) is 4.30. The third-order valence-electron chi connectivity index (χ3n) is 6.14. The van der Waals surface area contributed by atoms with Crippen molar-refractivity contribution in [1.29, 1.82) is 0 Å². The van der Waals surface area contributed by atoms with Gasteiger partial charge in [0.2, 0.25) is 0 Å². The highest BCUT2D eigenvalue weighted by molar-refractivity contribution is 5.90. The maximum Gasteiger partial charge on any atom is 0.405 e. The Morgan fingerprint density at radius 1 is 1.25 bits per heavy atom. The van der Waals surface area contributed by atoms with Gasteiger partial charge in [0.05, 0.1) is 18.5 Å². The molecule has 194 valence electrons. The number of carbonyl (C=O) groups is 1. The Labute approximate surface area is 207 Å². The first-order valence-electron chi connectivity index (χ1n) is 12.0. The molecule has 0 atom stereocenters. The number of urea groups is 1. The van der Waals surface area contributed by atoms with E-state index in [0.717, 1.165) is 47.9 Å². The molecule has 0 saturated carbocycles. The van der Waals surface area contributed by atoms with Gasteiger partial charge in [-0.3, -0.25) is 9.24 Å². The van der Waals surface area contributed by atoms with Crippen LogP contribution in [-0.2, 0) is 11.4 Å². The van der Waals surface area contributed by atoms with Crippen LogP contribution in [0.1, 0.15) is 24.8 Å². The summed E-state index contributed by atoms with van der Waals surface area (Å²) in [7, 11) is 1.92. The predicted octanol–water partition coefficient (Wildman–Crippen LogP) is 4.44. The average Bonchev–Trinajstić information content (AvgIpc) is 3.26. The van der Waals surface area contributed by atoms with Crippen molar-refractivity contribution in [3.8, 4) is 11.3 Å². The average molecular weight is 505 g/mol. The normalized spacial score (nSPS) is 14.9. The van der Waals surface area contributed by atoms with E-state index in [2.05, 4.69) is 15.6 Å². The highest BCUT2D eigenvalue weighted by Gasteiger charge is 2.27. The number of benzene rings is 1. The molecule has 0 aliphatic carbocycles. The number of nitrogens with one attached hydrogen (secondary N) is 3. The molecular weight excluding hydrogens is 473 g/mol. The highest BCUT2D eigenvalue weighted by Crippen LogP contribution is 2.25. The Morgan fingerprint density at radius 2 is 2.06 bits per heavy atom. The van der Waals surface area contributed by atoms with E-state index in [1.54, 1.807) is 29.7 Å². The van der Waals surface area contributed by atoms with Crippen molar-refractivity contribution in [3.05, 3.63) is 54.4 Å². The van der Waals surface area contributed by atoms with E-state index < -0.39 is 18.8 Å². The van der Waals surface area contributed by atoms with Crippen molar-refractivity contribution in [2.45, 2.75) is 32.0 Å². The van der Waals surface area contributed by atoms with Crippen LogP contribution in [0.4, 0.5) is 23.7 Å². The number of nitrogens with zero attached hydrogens (tertiary/aromatic N) is 3. The Kier molecular flexibility index (Phi) is 8.44. The molecule has 0 unspecified atom stereocenters. The fourth-order valence-electron chi connectivity index (χ4n) is 4.30. The van der Waals surface area contributed by atoms with Gasteiger partial charge in [0.1, 0.15) is 12.2 Å². The summed E-state index contributed by atoms with van der Waals surface area (Å²) < 4.78 is 38.9. The largest absolute Gasteiger partial charge is 0.405 e. The standard InChI is InChI=1S/C25H31F3N6O2/c1-33(36-12-8-18-5-9-29-10-6-18)16-19-7-11-34-22(15-30-23(34)13-19)20-3-2-4-21(14-20)32-24(35)31-17-25(26,27)28/h2-4,7,11,13-15,18,29H,5-6,8-10,12,16-17H2,1H3,(H2,31,32,35). The molecule has 11 heteroatoms. The molecule has 2 amide bonds. The first-order valence-corrected chi connectivity index (χ1v) is 12.0. The molecule has 1 fully saturated rings. The van der Waals surface area contributed by atoms with E-state index in [9.17, 15) is 18.0 Å². The quantitative estimate of drug-likeness (QED) is 0.376. The van der Waals surface area contributed by atoms with Crippen LogP contribution in [0.5, 0.6) is 0 Å². The van der Waals surface area contributed by atoms with Crippen LogP contribution >= 0.6 is 0 Å². The number of hydrogen-bond donors (Lipinski definition) is 3. The smallest absolute Gasteiger partial charge is 0.329 e. The number of imidazole rings is 1. The van der Waals surface area contributed by atoms with Crippen molar-refractivity contribution in [2.24, 2.45) is 5.92 Å². The second-order valence-corrected chi connectivity index (χ2v) is 9.01. The molecule has 1 aliphatic rings. The van der Waals surface area contributed by atoms with Crippen LogP contribution in [0.25, 0.3) is 16.9 Å². The summed E-state index contributed by atoms with van der Waals surface area (Å²) in [5.74, 6) is 0.724. The molecule has 3 aromatic rings. The predicted molar refractivity (Wildman–Crippen MR) is 131 cm³/mol. The van der Waals surface area contributed by atoms with Crippen LogP contribution in [0.3, 0.4) is 0 Å². The van der Waals surface area contributed by atoms with E-state index in [1.807, 2.05) is 40.9 Å². The van der Waals surface area contributed by atoms with E-state index in [0.29, 0.717) is 18.8 Å². The lowest BCUT2D eigenvalue weighted by atomic mass is 9.95. The number of halogens is 3. The molecule has 0 bridgehead atoms. The summed E-state index contributed by atoms with van der Waals surface area (Å²) in [6.45, 7) is 2.11. The molecular formula is C25H31F3N6O2. The van der Waals surface area contributed by atoms with E-state index >= 15 is 0 Å². The number of aromatic nitrogens is 2. The topological polar surface area (TPSA) is 82.9 Å². The fraction of sp³-hybridized carbons (Fsp3) is 0.440. The van der Waals surface area contributed by atoms with Gasteiger partial charge >= 0.3 is 12.2 Å². The molecule has 0 radical (unpaired) electrons. The number of carbonyl (C=O) groups excluding carboxylic acids is 1. The molecule has 36 heavy (non-hydrogen) atoms. The lowest BCUT2D eigenvalue weighted by molar-refractivity contribution is -0.150. The van der Waals surface area contributed by atoms with Crippen LogP contribution in [0, 0.1) is 5.92 Å². The van der Waals surface area contributed by atoms with Crippen molar-refractivity contribution in [3.63, 3.8) is 0 Å². The number of amides is 2. The number of rotatable bonds is 9. The van der Waals surface area contributed by atoms with E-state index in [1.165, 1.54) is 12.8 Å². The van der Waals surface area contributed by atoms with E-state index in [4.69, 9.17) is 4.84 Å². The number of piperidine rings is 1. The van der Waals surface area contributed by atoms with Gasteiger partial charge in [-0.05, 0) is 68.1 Å². The van der Waals surface area contributed by atoms with Crippen molar-refractivity contribution < 1.29 is 22.8 Å². The first-order chi connectivity index (χ1) is 17.3. The molecule has 8 nitrogen and oxygen atoms in total. The second kappa shape index (κ2) is 11.7. The van der Waals surface area contributed by atoms with Crippen LogP contribution in [0.2, 0.25) is 0 Å². The monoisotopic (exact) mass is 504 g/mol. The molecule has 0 spiro atoms. The van der Waals surface area contributed by atoms with Crippen LogP contribution in [0.15, 0.2) is 48.8 Å². The Bertz CT molecular complexity index is 1160. The lowest BCUT2D eigenvalue weighted by Gasteiger charge is -2.23. The minimum atomic E-state index is -4.47. The minimum Gasteiger partial charge on any atom is -0.329 e. The summed E-state index contributed by atoms with van der Waals surface area (Å²) in [5.41, 5.74) is 3.75. The number of hydrogen-bond acceptors (Lipinski definition) is 5. The van der Waals surface area contributed by atoms with Crippen LogP contribution < -0.4 is 16.0 Å². The molecule has 1 aromatic carbocycles. The summed E-state index contributed by atoms with van der Waals surface area (Å²) in [4.78, 5) is 22.2. The first kappa shape index (κ1) is 25.9. The summed E-state index contributed by atoms with van der Waals surface area (Å²) in [6.07, 6.45) is 2.65. The Morgan fingerprint density at radius 3 is 2.83 bits per heavy atom. The summed E-state index contributed by atoms with van der Waals surface area (Å²) in [6, 6.07) is 9.93. The zero-order valence-corrected chi connectivity index (χ0v) is 20.1. The van der Waals surface area contributed by atoms with Gasteiger partial charge in [-0.1, -0.05) is 12.1 Å². The molecule has 1 saturated heterocycles. The summed E-state index contributed by atoms with van der Waals surface area (Å²) in [5, 5.41) is 9.45. The van der Waals surface area contributed by atoms with Gasteiger partial charge in [-0.25, -0.2) is 9.78 Å². The van der Waals surface area contributed by atoms with Gasteiger partial charge in [-0.2, -0.15) is 18.2 Å². The van der Waals surface area contributed by atoms with E-state index in [-0.39, 0.29) is 0 Å². The number of alkyl halides is 3. The third kappa shape index (κ3) is 7.42. The SMILES string of the molecule is CN(Cc1ccn2c(-c3cccc(NC(=O)NCC(F)(F)F)c3)cnc2c1)OCCC1CCNCC1. The maximum absolute atomic E-state index is 12.3. The van der Waals surface area contributed by atoms with Crippen molar-refractivity contribution in [2.75, 3.05) is 38.6 Å². The number of fused-ring (bicyclic) bond motifs is 1. The molecule has 4 rings (SSSR count). The maximum atomic E-state index is 12.3. The Balaban J connectivity index is 1.35. The minimum absolute atomic E-state index is 0.377. The number of hydroxylamine groups is 2. The van der Waals surface area contributed by atoms with Crippen molar-refractivity contribution in [1.82, 2.24) is 25.1 Å². The van der Waals surface area contributed by atoms with Crippen LogP contribution in [-0.4, -0.2) is 59.9 Å².